The summed E-state index contributed by atoms with van der Waals surface area (Å²) < 4.78 is 0. The molecule has 6 nitrogen and oxygen atoms in total. The summed E-state index contributed by atoms with van der Waals surface area (Å²) in [6.07, 6.45) is 6.70. The van der Waals surface area contributed by atoms with Crippen molar-refractivity contribution in [1.29, 1.82) is 0 Å². The predicted molar refractivity (Wildman–Crippen MR) is 87.2 cm³/mol. The maximum atomic E-state index is 12.5. The van der Waals surface area contributed by atoms with Crippen LogP contribution in [0.5, 0.6) is 0 Å². The minimum Gasteiger partial charge on any atom is -0.309 e. The number of amides is 4. The first-order valence-corrected chi connectivity index (χ1v) is 7.73. The maximum absolute atomic E-state index is 12.5. The Kier molecular flexibility index (Phi) is 4.73. The smallest absolute Gasteiger partial charge is 0.309 e. The van der Waals surface area contributed by atoms with Crippen LogP contribution in [0.25, 0.3) is 0 Å². The van der Waals surface area contributed by atoms with Gasteiger partial charge in [-0.05, 0) is 24.5 Å². The molecule has 1 saturated heterocycles. The van der Waals surface area contributed by atoms with Crippen LogP contribution in [0.2, 0.25) is 0 Å². The van der Waals surface area contributed by atoms with Crippen molar-refractivity contribution in [3.05, 3.63) is 36.1 Å². The molecule has 0 aromatic carbocycles. The largest absolute Gasteiger partial charge is 0.322 e. The van der Waals surface area contributed by atoms with Crippen molar-refractivity contribution in [1.82, 2.24) is 15.5 Å². The second-order valence-electron chi connectivity index (χ2n) is 6.51. The first-order chi connectivity index (χ1) is 10.7. The average molecular weight is 317 g/mol. The summed E-state index contributed by atoms with van der Waals surface area (Å²) in [7, 11) is 0. The molecule has 2 N–H and O–H groups in total. The van der Waals surface area contributed by atoms with Crippen molar-refractivity contribution < 1.29 is 14.4 Å². The van der Waals surface area contributed by atoms with Gasteiger partial charge in [0.25, 0.3) is 0 Å². The van der Waals surface area contributed by atoms with Crippen molar-refractivity contribution >= 4 is 17.8 Å². The van der Waals surface area contributed by atoms with Crippen molar-refractivity contribution in [2.75, 3.05) is 6.54 Å². The number of rotatable bonds is 2. The van der Waals surface area contributed by atoms with E-state index in [1.54, 1.807) is 13.8 Å². The monoisotopic (exact) mass is 317 g/mol. The quantitative estimate of drug-likeness (QED) is 0.763. The van der Waals surface area contributed by atoms with E-state index >= 15 is 0 Å². The lowest BCUT2D eigenvalue weighted by molar-refractivity contribution is -0.144. The van der Waals surface area contributed by atoms with E-state index in [1.165, 1.54) is 4.90 Å². The summed E-state index contributed by atoms with van der Waals surface area (Å²) in [6, 6.07) is -1.08. The summed E-state index contributed by atoms with van der Waals surface area (Å²) in [5.74, 6) is -0.746. The SMILES string of the molecule is C=C1/C=C(CC)\C=C/CN(C2CC(C)(C)C(=O)NC2=O)C(=O)N1. The number of nitrogens with zero attached hydrogens (tertiary/aromatic N) is 1. The first kappa shape index (κ1) is 17.0. The number of urea groups is 1. The standard InChI is InChI=1S/C17H23N3O3/c1-5-12-7-6-8-20(16(23)18-11(2)9-12)13-10-17(3,4)15(22)19-14(13)21/h6-7,9,13H,2,5,8,10H2,1,3-4H3,(H,18,23)(H,19,21,22)/b7-6-,12-9-. The highest BCUT2D eigenvalue weighted by molar-refractivity contribution is 6.04. The number of piperidine rings is 1. The second kappa shape index (κ2) is 6.40. The third-order valence-corrected chi connectivity index (χ3v) is 4.16. The van der Waals surface area contributed by atoms with E-state index in [4.69, 9.17) is 0 Å². The molecule has 0 saturated carbocycles. The molecule has 0 spiro atoms. The Morgan fingerprint density at radius 3 is 2.65 bits per heavy atom. The number of hydrogen-bond acceptors (Lipinski definition) is 3. The van der Waals surface area contributed by atoms with Gasteiger partial charge in [-0.2, -0.15) is 0 Å². The number of carbonyl (C=O) groups is 3. The van der Waals surface area contributed by atoms with Gasteiger partial charge in [-0.3, -0.25) is 14.9 Å². The van der Waals surface area contributed by atoms with Crippen molar-refractivity contribution in [3.63, 3.8) is 0 Å². The zero-order valence-electron chi connectivity index (χ0n) is 13.8. The van der Waals surface area contributed by atoms with Crippen LogP contribution in [0.4, 0.5) is 4.79 Å². The highest BCUT2D eigenvalue weighted by atomic mass is 16.2. The number of carbonyl (C=O) groups excluding carboxylic acids is 3. The van der Waals surface area contributed by atoms with Gasteiger partial charge in [-0.25, -0.2) is 4.79 Å². The molecule has 1 atom stereocenters. The summed E-state index contributed by atoms with van der Waals surface area (Å²) in [6.45, 7) is 9.66. The summed E-state index contributed by atoms with van der Waals surface area (Å²) in [5.41, 5.74) is 0.820. The molecule has 1 fully saturated rings. The molecular weight excluding hydrogens is 294 g/mol. The van der Waals surface area contributed by atoms with Gasteiger partial charge in [0.1, 0.15) is 6.04 Å². The topological polar surface area (TPSA) is 78.5 Å². The van der Waals surface area contributed by atoms with E-state index < -0.39 is 23.4 Å². The van der Waals surface area contributed by atoms with Gasteiger partial charge in [0.05, 0.1) is 0 Å². The molecule has 0 aromatic rings. The van der Waals surface area contributed by atoms with Gasteiger partial charge in [0.2, 0.25) is 11.8 Å². The lowest BCUT2D eigenvalue weighted by Crippen LogP contribution is -2.60. The fraction of sp³-hybridized carbons (Fsp3) is 0.471. The number of allylic oxidation sites excluding steroid dienone is 3. The molecule has 124 valence electrons. The Hall–Kier alpha value is -2.37. The van der Waals surface area contributed by atoms with E-state index in [9.17, 15) is 14.4 Å². The van der Waals surface area contributed by atoms with E-state index in [2.05, 4.69) is 17.2 Å². The zero-order valence-corrected chi connectivity index (χ0v) is 13.8. The molecule has 23 heavy (non-hydrogen) atoms. The van der Waals surface area contributed by atoms with Crippen LogP contribution in [0.3, 0.4) is 0 Å². The van der Waals surface area contributed by atoms with Crippen LogP contribution in [0.15, 0.2) is 36.1 Å². The van der Waals surface area contributed by atoms with Crippen LogP contribution in [0.1, 0.15) is 33.6 Å². The molecule has 0 aromatic heterocycles. The Bertz CT molecular complexity index is 617. The van der Waals surface area contributed by atoms with Crippen molar-refractivity contribution in [3.8, 4) is 0 Å². The molecule has 1 unspecified atom stereocenters. The molecule has 6 heteroatoms. The first-order valence-electron chi connectivity index (χ1n) is 7.73. The molecule has 2 heterocycles. The van der Waals surface area contributed by atoms with Crippen molar-refractivity contribution in [2.45, 2.75) is 39.7 Å². The normalized spacial score (nSPS) is 28.7. The molecule has 2 aliphatic rings. The van der Waals surface area contributed by atoms with Gasteiger partial charge in [-0.15, -0.1) is 0 Å². The van der Waals surface area contributed by atoms with Crippen LogP contribution >= 0.6 is 0 Å². The summed E-state index contributed by atoms with van der Waals surface area (Å²) >= 11 is 0. The van der Waals surface area contributed by atoms with Crippen molar-refractivity contribution in [2.24, 2.45) is 5.41 Å². The van der Waals surface area contributed by atoms with Crippen LogP contribution < -0.4 is 10.6 Å². The summed E-state index contributed by atoms with van der Waals surface area (Å²) in [5, 5.41) is 5.07. The zero-order chi connectivity index (χ0) is 17.2. The van der Waals surface area contributed by atoms with Gasteiger partial charge >= 0.3 is 6.03 Å². The van der Waals surface area contributed by atoms with Gasteiger partial charge < -0.3 is 10.2 Å². The van der Waals surface area contributed by atoms with Gasteiger partial charge in [0.15, 0.2) is 0 Å². The fourth-order valence-corrected chi connectivity index (χ4v) is 2.69. The molecule has 0 radical (unpaired) electrons. The number of nitrogens with one attached hydrogen (secondary N) is 2. The number of hydrogen-bond donors (Lipinski definition) is 2. The van der Waals surface area contributed by atoms with Gasteiger partial charge in [-0.1, -0.05) is 39.5 Å². The molecule has 2 rings (SSSR count). The Balaban J connectivity index is 2.27. The Morgan fingerprint density at radius 2 is 2.00 bits per heavy atom. The van der Waals surface area contributed by atoms with Crippen LogP contribution in [0, 0.1) is 5.41 Å². The minimum absolute atomic E-state index is 0.290. The molecular formula is C17H23N3O3. The van der Waals surface area contributed by atoms with Crippen LogP contribution in [-0.4, -0.2) is 35.3 Å². The third-order valence-electron chi connectivity index (χ3n) is 4.16. The van der Waals surface area contributed by atoms with Crippen LogP contribution in [-0.2, 0) is 9.59 Å². The second-order valence-corrected chi connectivity index (χ2v) is 6.51. The summed E-state index contributed by atoms with van der Waals surface area (Å²) in [4.78, 5) is 38.0. The van der Waals surface area contributed by atoms with E-state index in [1.807, 2.05) is 25.2 Å². The van der Waals surface area contributed by atoms with E-state index in [-0.39, 0.29) is 5.91 Å². The predicted octanol–water partition coefficient (Wildman–Crippen LogP) is 1.86. The fourth-order valence-electron chi connectivity index (χ4n) is 2.69. The van der Waals surface area contributed by atoms with E-state index in [0.717, 1.165) is 12.0 Å². The average Bonchev–Trinajstić information content (AvgIpc) is 2.52. The highest BCUT2D eigenvalue weighted by Crippen LogP contribution is 2.29. The third kappa shape index (κ3) is 3.70. The van der Waals surface area contributed by atoms with Gasteiger partial charge in [0, 0.05) is 17.7 Å². The Labute approximate surface area is 136 Å². The molecule has 0 aliphatic carbocycles. The molecule has 0 bridgehead atoms. The lowest BCUT2D eigenvalue weighted by atomic mass is 9.81. The minimum atomic E-state index is -0.704. The highest BCUT2D eigenvalue weighted by Gasteiger charge is 2.44. The molecule has 4 amide bonds. The Morgan fingerprint density at radius 1 is 1.30 bits per heavy atom. The van der Waals surface area contributed by atoms with E-state index in [0.29, 0.717) is 18.7 Å². The lowest BCUT2D eigenvalue weighted by Gasteiger charge is -2.38. The molecule has 2 aliphatic heterocycles. The maximum Gasteiger partial charge on any atom is 0.322 e. The number of imide groups is 1.